The first kappa shape index (κ1) is 13.6. The molecule has 2 atom stereocenters. The Morgan fingerprint density at radius 3 is 2.78 bits per heavy atom. The number of hydrogen-bond acceptors (Lipinski definition) is 2. The number of amides is 1. The number of aryl methyl sites for hydroxylation is 1. The second-order valence-corrected chi connectivity index (χ2v) is 5.75. The molecule has 2 rings (SSSR count). The van der Waals surface area contributed by atoms with Crippen LogP contribution < -0.4 is 5.32 Å². The molecule has 1 aromatic rings. The molecule has 0 saturated heterocycles. The lowest BCUT2D eigenvalue weighted by molar-refractivity contribution is 0.0717. The number of benzene rings is 1. The van der Waals surface area contributed by atoms with Crippen molar-refractivity contribution < 1.29 is 9.90 Å². The van der Waals surface area contributed by atoms with Gasteiger partial charge in [-0.2, -0.15) is 0 Å². The molecule has 0 bridgehead atoms. The van der Waals surface area contributed by atoms with Crippen molar-refractivity contribution in [3.8, 4) is 0 Å². The second-order valence-electron chi connectivity index (χ2n) is 4.90. The van der Waals surface area contributed by atoms with E-state index in [1.807, 2.05) is 19.1 Å². The number of nitrogens with one attached hydrogen (secondary N) is 1. The fourth-order valence-electron chi connectivity index (χ4n) is 2.32. The van der Waals surface area contributed by atoms with Crippen LogP contribution in [0.3, 0.4) is 0 Å². The number of hydrogen-bond donors (Lipinski definition) is 2. The van der Waals surface area contributed by atoms with Crippen LogP contribution in [0.5, 0.6) is 0 Å². The molecule has 1 fully saturated rings. The molecule has 1 amide bonds. The maximum atomic E-state index is 12.1. The second kappa shape index (κ2) is 5.85. The number of aliphatic hydroxyl groups is 1. The number of halogens is 1. The summed E-state index contributed by atoms with van der Waals surface area (Å²) < 4.78 is 0.997. The van der Waals surface area contributed by atoms with E-state index in [0.29, 0.717) is 5.56 Å². The van der Waals surface area contributed by atoms with Crippen LogP contribution >= 0.6 is 15.9 Å². The normalized spacial score (nSPS) is 23.7. The summed E-state index contributed by atoms with van der Waals surface area (Å²) in [6.45, 7) is 1.95. The summed E-state index contributed by atoms with van der Waals surface area (Å²) in [5, 5.41) is 12.8. The summed E-state index contributed by atoms with van der Waals surface area (Å²) in [6, 6.07) is 5.42. The van der Waals surface area contributed by atoms with Gasteiger partial charge in [-0.3, -0.25) is 4.79 Å². The van der Waals surface area contributed by atoms with Gasteiger partial charge in [0.25, 0.3) is 5.91 Å². The van der Waals surface area contributed by atoms with Crippen LogP contribution in [0.4, 0.5) is 0 Å². The van der Waals surface area contributed by atoms with E-state index < -0.39 is 6.10 Å². The van der Waals surface area contributed by atoms with Gasteiger partial charge in [0.2, 0.25) is 0 Å². The zero-order chi connectivity index (χ0) is 13.1. The molecule has 1 aliphatic carbocycles. The Bertz CT molecular complexity index is 447. The van der Waals surface area contributed by atoms with Gasteiger partial charge in [-0.1, -0.05) is 28.8 Å². The third kappa shape index (κ3) is 3.12. The average molecular weight is 312 g/mol. The van der Waals surface area contributed by atoms with Crippen molar-refractivity contribution in [1.29, 1.82) is 0 Å². The molecule has 1 aromatic carbocycles. The molecule has 0 aromatic heterocycles. The van der Waals surface area contributed by atoms with Gasteiger partial charge in [0.1, 0.15) is 0 Å². The largest absolute Gasteiger partial charge is 0.391 e. The highest BCUT2D eigenvalue weighted by Crippen LogP contribution is 2.20. The molecule has 18 heavy (non-hydrogen) atoms. The predicted octanol–water partition coefficient (Wildman–Crippen LogP) is 2.79. The first-order valence-electron chi connectivity index (χ1n) is 6.33. The van der Waals surface area contributed by atoms with Crippen molar-refractivity contribution in [2.75, 3.05) is 0 Å². The molecular weight excluding hydrogens is 294 g/mol. The maximum absolute atomic E-state index is 12.1. The van der Waals surface area contributed by atoms with E-state index in [4.69, 9.17) is 0 Å². The molecule has 0 spiro atoms. The Kier molecular flexibility index (Phi) is 4.40. The molecule has 0 unspecified atom stereocenters. The van der Waals surface area contributed by atoms with E-state index in [1.165, 1.54) is 0 Å². The fraction of sp³-hybridized carbons (Fsp3) is 0.500. The number of carbonyl (C=O) groups is 1. The average Bonchev–Trinajstić information content (AvgIpc) is 2.35. The van der Waals surface area contributed by atoms with Gasteiger partial charge in [-0.05, 0) is 43.5 Å². The maximum Gasteiger partial charge on any atom is 0.251 e. The van der Waals surface area contributed by atoms with Gasteiger partial charge in [0.05, 0.1) is 12.1 Å². The monoisotopic (exact) mass is 311 g/mol. The van der Waals surface area contributed by atoms with Crippen LogP contribution in [0.1, 0.15) is 41.6 Å². The van der Waals surface area contributed by atoms with Crippen LogP contribution in [0, 0.1) is 6.92 Å². The van der Waals surface area contributed by atoms with Gasteiger partial charge < -0.3 is 10.4 Å². The van der Waals surface area contributed by atoms with Gasteiger partial charge in [0.15, 0.2) is 0 Å². The molecule has 1 aliphatic rings. The Labute approximate surface area is 116 Å². The summed E-state index contributed by atoms with van der Waals surface area (Å²) in [5.41, 5.74) is 1.68. The van der Waals surface area contributed by atoms with E-state index in [9.17, 15) is 9.90 Å². The minimum atomic E-state index is -0.403. The molecule has 0 aliphatic heterocycles. The Morgan fingerprint density at radius 2 is 2.11 bits per heavy atom. The van der Waals surface area contributed by atoms with Crippen molar-refractivity contribution in [2.45, 2.75) is 44.8 Å². The lowest BCUT2D eigenvalue weighted by atomic mass is 9.92. The third-order valence-corrected chi connectivity index (χ3v) is 4.36. The molecule has 0 radical (unpaired) electrons. The SMILES string of the molecule is Cc1cc(C(=O)N[C@@H]2CCCC[C@H]2O)ccc1Br. The molecule has 3 nitrogen and oxygen atoms in total. The Hall–Kier alpha value is -0.870. The van der Waals surface area contributed by atoms with E-state index in [1.54, 1.807) is 6.07 Å². The molecule has 1 saturated carbocycles. The molecule has 4 heteroatoms. The van der Waals surface area contributed by atoms with Gasteiger partial charge in [-0.15, -0.1) is 0 Å². The van der Waals surface area contributed by atoms with Crippen LogP contribution in [-0.2, 0) is 0 Å². The molecule has 98 valence electrons. The molecule has 2 N–H and O–H groups in total. The molecule has 0 heterocycles. The smallest absolute Gasteiger partial charge is 0.251 e. The minimum absolute atomic E-state index is 0.100. The molecular formula is C14H18BrNO2. The summed E-state index contributed by atoms with van der Waals surface area (Å²) in [7, 11) is 0. The van der Waals surface area contributed by atoms with Crippen molar-refractivity contribution in [3.63, 3.8) is 0 Å². The summed E-state index contributed by atoms with van der Waals surface area (Å²) in [6.07, 6.45) is 3.36. The van der Waals surface area contributed by atoms with Gasteiger partial charge in [-0.25, -0.2) is 0 Å². The highest BCUT2D eigenvalue weighted by atomic mass is 79.9. The van der Waals surface area contributed by atoms with E-state index in [0.717, 1.165) is 35.7 Å². The standard InChI is InChI=1S/C14H18BrNO2/c1-9-8-10(6-7-11(9)15)14(18)16-12-4-2-3-5-13(12)17/h6-8,12-13,17H,2-5H2,1H3,(H,16,18)/t12-,13-/m1/s1. The van der Waals surface area contributed by atoms with Crippen LogP contribution in [0.15, 0.2) is 22.7 Å². The number of aliphatic hydroxyl groups excluding tert-OH is 1. The minimum Gasteiger partial charge on any atom is -0.391 e. The topological polar surface area (TPSA) is 49.3 Å². The van der Waals surface area contributed by atoms with E-state index in [2.05, 4.69) is 21.2 Å². The van der Waals surface area contributed by atoms with Gasteiger partial charge in [0, 0.05) is 10.0 Å². The van der Waals surface area contributed by atoms with Crippen molar-refractivity contribution in [3.05, 3.63) is 33.8 Å². The lowest BCUT2D eigenvalue weighted by Crippen LogP contribution is -2.45. The predicted molar refractivity (Wildman–Crippen MR) is 74.6 cm³/mol. The van der Waals surface area contributed by atoms with E-state index >= 15 is 0 Å². The summed E-state index contributed by atoms with van der Waals surface area (Å²) >= 11 is 3.41. The Morgan fingerprint density at radius 1 is 1.39 bits per heavy atom. The first-order chi connectivity index (χ1) is 8.58. The fourth-order valence-corrected chi connectivity index (χ4v) is 2.56. The number of carbonyl (C=O) groups excluding carboxylic acids is 1. The summed E-state index contributed by atoms with van der Waals surface area (Å²) in [5.74, 6) is -0.100. The van der Waals surface area contributed by atoms with Crippen LogP contribution in [-0.4, -0.2) is 23.2 Å². The van der Waals surface area contributed by atoms with E-state index in [-0.39, 0.29) is 11.9 Å². The van der Waals surface area contributed by atoms with Crippen molar-refractivity contribution >= 4 is 21.8 Å². The first-order valence-corrected chi connectivity index (χ1v) is 7.12. The third-order valence-electron chi connectivity index (χ3n) is 3.47. The van der Waals surface area contributed by atoms with Crippen LogP contribution in [0.2, 0.25) is 0 Å². The lowest BCUT2D eigenvalue weighted by Gasteiger charge is -2.28. The highest BCUT2D eigenvalue weighted by Gasteiger charge is 2.24. The van der Waals surface area contributed by atoms with Crippen molar-refractivity contribution in [1.82, 2.24) is 5.32 Å². The van der Waals surface area contributed by atoms with Gasteiger partial charge >= 0.3 is 0 Å². The van der Waals surface area contributed by atoms with Crippen molar-refractivity contribution in [2.24, 2.45) is 0 Å². The summed E-state index contributed by atoms with van der Waals surface area (Å²) in [4.78, 5) is 12.1. The zero-order valence-corrected chi connectivity index (χ0v) is 12.0. The Balaban J connectivity index is 2.04. The quantitative estimate of drug-likeness (QED) is 0.882. The highest BCUT2D eigenvalue weighted by molar-refractivity contribution is 9.10. The van der Waals surface area contributed by atoms with Crippen LogP contribution in [0.25, 0.3) is 0 Å². The zero-order valence-electron chi connectivity index (χ0n) is 10.4. The number of rotatable bonds is 2.